The highest BCUT2D eigenvalue weighted by Crippen LogP contribution is 2.21. The molecule has 1 fully saturated rings. The van der Waals surface area contributed by atoms with E-state index in [-0.39, 0.29) is 36.1 Å². The number of ether oxygens (including phenoxy) is 1. The van der Waals surface area contributed by atoms with E-state index in [0.29, 0.717) is 48.9 Å². The Kier molecular flexibility index (Phi) is 6.92. The average Bonchev–Trinajstić information content (AvgIpc) is 3.21. The van der Waals surface area contributed by atoms with Crippen molar-refractivity contribution < 1.29 is 22.7 Å². The molecule has 2 N–H and O–H groups in total. The van der Waals surface area contributed by atoms with Crippen LogP contribution >= 0.6 is 0 Å². The van der Waals surface area contributed by atoms with Crippen LogP contribution in [0.15, 0.2) is 30.7 Å². The maximum Gasteiger partial charge on any atom is 0.244 e. The van der Waals surface area contributed by atoms with Gasteiger partial charge in [0.05, 0.1) is 24.1 Å². The van der Waals surface area contributed by atoms with E-state index in [1.807, 2.05) is 13.8 Å². The summed E-state index contributed by atoms with van der Waals surface area (Å²) < 4.78 is 48.1. The van der Waals surface area contributed by atoms with E-state index in [2.05, 4.69) is 25.7 Å². The Bertz CT molecular complexity index is 1210. The van der Waals surface area contributed by atoms with E-state index in [0.717, 1.165) is 0 Å². The molecule has 1 amide bonds. The summed E-state index contributed by atoms with van der Waals surface area (Å²) in [6.45, 7) is 7.01. The molecule has 186 valence electrons. The number of hydrogen-bond donors (Lipinski definition) is 2. The molecule has 0 radical (unpaired) electrons. The average molecular weight is 490 g/mol. The molecule has 4 rings (SSSR count). The zero-order valence-electron chi connectivity index (χ0n) is 19.6. The summed E-state index contributed by atoms with van der Waals surface area (Å²) in [6, 6.07) is 1.25. The first-order valence-electron chi connectivity index (χ1n) is 11.0. The van der Waals surface area contributed by atoms with E-state index < -0.39 is 17.5 Å². The van der Waals surface area contributed by atoms with Crippen molar-refractivity contribution in [3.8, 4) is 0 Å². The molecule has 1 aliphatic heterocycles. The number of carbonyl (C=O) groups excluding carboxylic acids is 1. The maximum atomic E-state index is 13.9. The van der Waals surface area contributed by atoms with Gasteiger partial charge in [-0.25, -0.2) is 18.2 Å². The number of morpholine rings is 1. The van der Waals surface area contributed by atoms with Crippen molar-refractivity contribution >= 4 is 23.4 Å². The summed E-state index contributed by atoms with van der Waals surface area (Å²) in [5.41, 5.74) is 0.528. The number of aryl methyl sites for hydroxylation is 1. The molecule has 0 bridgehead atoms. The maximum absolute atomic E-state index is 13.9. The lowest BCUT2D eigenvalue weighted by Crippen LogP contribution is -2.51. The van der Waals surface area contributed by atoms with Gasteiger partial charge >= 0.3 is 0 Å². The highest BCUT2D eigenvalue weighted by molar-refractivity contribution is 5.76. The third-order valence-corrected chi connectivity index (χ3v) is 5.48. The van der Waals surface area contributed by atoms with Gasteiger partial charge in [-0.1, -0.05) is 0 Å². The van der Waals surface area contributed by atoms with Crippen LogP contribution in [0, 0.1) is 24.4 Å². The van der Waals surface area contributed by atoms with Gasteiger partial charge in [0.25, 0.3) is 0 Å². The summed E-state index contributed by atoms with van der Waals surface area (Å²) in [7, 11) is 0. The van der Waals surface area contributed by atoms with E-state index in [1.165, 1.54) is 10.9 Å². The lowest BCUT2D eigenvalue weighted by Gasteiger charge is -2.38. The lowest BCUT2D eigenvalue weighted by molar-refractivity contribution is -0.146. The van der Waals surface area contributed by atoms with Crippen molar-refractivity contribution in [2.24, 2.45) is 0 Å². The standard InChI is InChI=1S/C23H26F3N7O2/c1-14-8-28-22(31-21(14)27-10-17-18(25)6-15(24)7-19(17)26)30-16-9-29-33(11-16)12-20(34)32-4-5-35-23(2,3)13-32/h6-9,11H,4-5,10,12-13H2,1-3H3,(H2,27,28,30,31). The zero-order chi connectivity index (χ0) is 25.2. The van der Waals surface area contributed by atoms with E-state index >= 15 is 0 Å². The van der Waals surface area contributed by atoms with Crippen LogP contribution in [-0.4, -0.2) is 55.9 Å². The third-order valence-electron chi connectivity index (χ3n) is 5.48. The second-order valence-electron chi connectivity index (χ2n) is 8.90. The molecule has 0 aliphatic carbocycles. The van der Waals surface area contributed by atoms with Gasteiger partial charge in [-0.3, -0.25) is 9.48 Å². The van der Waals surface area contributed by atoms with Gasteiger partial charge in [-0.05, 0) is 20.8 Å². The Morgan fingerprint density at radius 1 is 1.20 bits per heavy atom. The van der Waals surface area contributed by atoms with Gasteiger partial charge < -0.3 is 20.3 Å². The van der Waals surface area contributed by atoms with Crippen LogP contribution in [0.5, 0.6) is 0 Å². The second-order valence-corrected chi connectivity index (χ2v) is 8.90. The SMILES string of the molecule is Cc1cnc(Nc2cnn(CC(=O)N3CCOC(C)(C)C3)c2)nc1NCc1c(F)cc(F)cc1F. The normalized spacial score (nSPS) is 15.2. The smallest absolute Gasteiger partial charge is 0.244 e. The summed E-state index contributed by atoms with van der Waals surface area (Å²) >= 11 is 0. The van der Waals surface area contributed by atoms with Crippen molar-refractivity contribution in [1.82, 2.24) is 24.6 Å². The highest BCUT2D eigenvalue weighted by atomic mass is 19.1. The quantitative estimate of drug-likeness (QED) is 0.525. The Morgan fingerprint density at radius 3 is 2.66 bits per heavy atom. The van der Waals surface area contributed by atoms with E-state index in [9.17, 15) is 18.0 Å². The number of hydrogen-bond acceptors (Lipinski definition) is 7. The monoisotopic (exact) mass is 489 g/mol. The van der Waals surface area contributed by atoms with Crippen molar-refractivity contribution in [1.29, 1.82) is 0 Å². The van der Waals surface area contributed by atoms with Crippen LogP contribution in [0.4, 0.5) is 30.6 Å². The molecule has 35 heavy (non-hydrogen) atoms. The van der Waals surface area contributed by atoms with Crippen LogP contribution in [0.2, 0.25) is 0 Å². The molecule has 3 heterocycles. The molecule has 9 nitrogen and oxygen atoms in total. The van der Waals surface area contributed by atoms with Crippen molar-refractivity contribution in [3.05, 3.63) is 59.3 Å². The fourth-order valence-electron chi connectivity index (χ4n) is 3.71. The van der Waals surface area contributed by atoms with Crippen LogP contribution in [0.3, 0.4) is 0 Å². The molecule has 0 saturated carbocycles. The first kappa shape index (κ1) is 24.5. The van der Waals surface area contributed by atoms with Gasteiger partial charge in [0, 0.05) is 55.3 Å². The molecular formula is C23H26F3N7O2. The molecule has 1 saturated heterocycles. The molecule has 1 aliphatic rings. The van der Waals surface area contributed by atoms with Gasteiger partial charge in [0.2, 0.25) is 11.9 Å². The van der Waals surface area contributed by atoms with Crippen molar-refractivity contribution in [2.45, 2.75) is 39.5 Å². The van der Waals surface area contributed by atoms with Crippen molar-refractivity contribution in [2.75, 3.05) is 30.3 Å². The minimum Gasteiger partial charge on any atom is -0.372 e. The first-order chi connectivity index (χ1) is 16.6. The first-order valence-corrected chi connectivity index (χ1v) is 11.0. The summed E-state index contributed by atoms with van der Waals surface area (Å²) in [4.78, 5) is 22.9. The topological polar surface area (TPSA) is 97.2 Å². The fraction of sp³-hybridized carbons (Fsp3) is 0.391. The van der Waals surface area contributed by atoms with Crippen LogP contribution in [-0.2, 0) is 22.6 Å². The Labute approximate surface area is 200 Å². The molecule has 3 aromatic rings. The molecule has 0 unspecified atom stereocenters. The van der Waals surface area contributed by atoms with Crippen LogP contribution in [0.25, 0.3) is 0 Å². The van der Waals surface area contributed by atoms with Gasteiger partial charge in [-0.15, -0.1) is 0 Å². The van der Waals surface area contributed by atoms with Crippen molar-refractivity contribution in [3.63, 3.8) is 0 Å². The lowest BCUT2D eigenvalue weighted by atomic mass is 10.1. The second kappa shape index (κ2) is 9.90. The number of rotatable bonds is 7. The zero-order valence-corrected chi connectivity index (χ0v) is 19.6. The predicted molar refractivity (Wildman–Crippen MR) is 123 cm³/mol. The number of benzene rings is 1. The summed E-state index contributed by atoms with van der Waals surface area (Å²) in [5.74, 6) is -2.44. The summed E-state index contributed by atoms with van der Waals surface area (Å²) in [6.07, 6.45) is 4.74. The number of amides is 1. The Hall–Kier alpha value is -3.67. The van der Waals surface area contributed by atoms with Crippen LogP contribution < -0.4 is 10.6 Å². The van der Waals surface area contributed by atoms with Crippen LogP contribution in [0.1, 0.15) is 25.0 Å². The molecule has 0 spiro atoms. The highest BCUT2D eigenvalue weighted by Gasteiger charge is 2.30. The fourth-order valence-corrected chi connectivity index (χ4v) is 3.71. The number of anilines is 3. The number of nitrogens with one attached hydrogen (secondary N) is 2. The Morgan fingerprint density at radius 2 is 1.94 bits per heavy atom. The van der Waals surface area contributed by atoms with Gasteiger partial charge in [0.15, 0.2) is 0 Å². The third kappa shape index (κ3) is 6.07. The molecule has 12 heteroatoms. The van der Waals surface area contributed by atoms with Gasteiger partial charge in [-0.2, -0.15) is 10.1 Å². The molecular weight excluding hydrogens is 463 g/mol. The molecule has 1 aromatic carbocycles. The van der Waals surface area contributed by atoms with E-state index in [1.54, 1.807) is 24.2 Å². The molecule has 2 aromatic heterocycles. The Balaban J connectivity index is 1.39. The number of halogens is 3. The predicted octanol–water partition coefficient (Wildman–Crippen LogP) is 3.39. The van der Waals surface area contributed by atoms with E-state index in [4.69, 9.17) is 4.74 Å². The minimum atomic E-state index is -0.984. The number of nitrogens with zero attached hydrogens (tertiary/aromatic N) is 5. The molecule has 0 atom stereocenters. The van der Waals surface area contributed by atoms with Gasteiger partial charge in [0.1, 0.15) is 29.8 Å². The minimum absolute atomic E-state index is 0.0608. The largest absolute Gasteiger partial charge is 0.372 e. The summed E-state index contributed by atoms with van der Waals surface area (Å²) in [5, 5.41) is 10.1. The number of carbonyl (C=O) groups is 1. The number of aromatic nitrogens is 4.